The fourth-order valence-corrected chi connectivity index (χ4v) is 3.22. The van der Waals surface area contributed by atoms with E-state index in [1.807, 2.05) is 24.3 Å². The van der Waals surface area contributed by atoms with Gasteiger partial charge in [-0.25, -0.2) is 4.39 Å². The Morgan fingerprint density at radius 1 is 1.12 bits per heavy atom. The van der Waals surface area contributed by atoms with E-state index in [0.29, 0.717) is 17.3 Å². The van der Waals surface area contributed by atoms with Crippen molar-refractivity contribution in [2.24, 2.45) is 0 Å². The van der Waals surface area contributed by atoms with Gasteiger partial charge in [-0.05, 0) is 49.1 Å². The molecule has 0 aliphatic carbocycles. The number of thiocarbonyl (C=S) groups is 1. The van der Waals surface area contributed by atoms with Crippen LogP contribution in [-0.4, -0.2) is 29.6 Å². The van der Waals surface area contributed by atoms with Crippen molar-refractivity contribution in [3.8, 4) is 0 Å². The monoisotopic (exact) mass is 379 g/mol. The Morgan fingerprint density at radius 3 is 2.40 bits per heavy atom. The van der Waals surface area contributed by atoms with Crippen molar-refractivity contribution in [3.05, 3.63) is 64.9 Å². The van der Waals surface area contributed by atoms with Crippen LogP contribution >= 0.6 is 23.8 Å². The molecule has 1 atom stereocenters. The van der Waals surface area contributed by atoms with Crippen LogP contribution in [0.4, 0.5) is 10.1 Å². The van der Waals surface area contributed by atoms with Gasteiger partial charge in [-0.15, -0.1) is 0 Å². The highest BCUT2D eigenvalue weighted by atomic mass is 35.5. The Kier molecular flexibility index (Phi) is 7.62. The quantitative estimate of drug-likeness (QED) is 0.672. The molecular weight excluding hydrogens is 357 g/mol. The molecule has 0 radical (unpaired) electrons. The zero-order chi connectivity index (χ0) is 18.2. The Balaban J connectivity index is 2.08. The number of hydrogen-bond acceptors (Lipinski definition) is 2. The van der Waals surface area contributed by atoms with Gasteiger partial charge in [0.05, 0.1) is 11.7 Å². The molecule has 2 aromatic rings. The standard InChI is InChI=1S/C19H23ClFN3S/c1-3-24(4-2)18(14-9-5-6-10-15(14)20)13-22-19(25)23-17-12-8-7-11-16(17)21/h5-12,18H,3-4,13H2,1-2H3,(H2,22,23,25)/t18-/m1/s1. The van der Waals surface area contributed by atoms with Crippen LogP contribution in [0.1, 0.15) is 25.5 Å². The molecule has 0 unspecified atom stereocenters. The van der Waals surface area contributed by atoms with E-state index in [2.05, 4.69) is 29.4 Å². The molecule has 0 spiro atoms. The van der Waals surface area contributed by atoms with Crippen molar-refractivity contribution in [2.45, 2.75) is 19.9 Å². The first-order chi connectivity index (χ1) is 12.1. The van der Waals surface area contributed by atoms with Crippen molar-refractivity contribution >= 4 is 34.6 Å². The number of anilines is 1. The number of nitrogens with one attached hydrogen (secondary N) is 2. The van der Waals surface area contributed by atoms with E-state index in [0.717, 1.165) is 23.7 Å². The molecule has 0 bridgehead atoms. The second kappa shape index (κ2) is 9.70. The summed E-state index contributed by atoms with van der Waals surface area (Å²) in [5.41, 5.74) is 1.41. The summed E-state index contributed by atoms with van der Waals surface area (Å²) < 4.78 is 13.7. The summed E-state index contributed by atoms with van der Waals surface area (Å²) in [5, 5.41) is 7.20. The Bertz CT molecular complexity index is 707. The second-order valence-corrected chi connectivity index (χ2v) is 6.39. The van der Waals surface area contributed by atoms with Gasteiger partial charge in [-0.3, -0.25) is 4.90 Å². The largest absolute Gasteiger partial charge is 0.361 e. The molecule has 0 heterocycles. The zero-order valence-corrected chi connectivity index (χ0v) is 16.0. The van der Waals surface area contributed by atoms with Gasteiger partial charge in [0, 0.05) is 11.6 Å². The molecule has 2 N–H and O–H groups in total. The molecule has 3 nitrogen and oxygen atoms in total. The lowest BCUT2D eigenvalue weighted by Crippen LogP contribution is -2.39. The van der Waals surface area contributed by atoms with Gasteiger partial charge >= 0.3 is 0 Å². The fraction of sp³-hybridized carbons (Fsp3) is 0.316. The van der Waals surface area contributed by atoms with E-state index in [1.54, 1.807) is 18.2 Å². The molecule has 0 amide bonds. The topological polar surface area (TPSA) is 27.3 Å². The number of rotatable bonds is 7. The molecule has 0 aliphatic heterocycles. The summed E-state index contributed by atoms with van der Waals surface area (Å²) in [6.07, 6.45) is 0. The van der Waals surface area contributed by atoms with Gasteiger partial charge in [0.2, 0.25) is 0 Å². The zero-order valence-electron chi connectivity index (χ0n) is 14.4. The smallest absolute Gasteiger partial charge is 0.170 e. The number of nitrogens with zero attached hydrogens (tertiary/aromatic N) is 1. The summed E-state index contributed by atoms with van der Waals surface area (Å²) in [6, 6.07) is 14.3. The number of benzene rings is 2. The predicted octanol–water partition coefficient (Wildman–Crippen LogP) is 4.85. The molecule has 134 valence electrons. The van der Waals surface area contributed by atoms with Crippen molar-refractivity contribution in [3.63, 3.8) is 0 Å². The van der Waals surface area contributed by atoms with Crippen molar-refractivity contribution in [1.29, 1.82) is 0 Å². The maximum Gasteiger partial charge on any atom is 0.170 e. The van der Waals surface area contributed by atoms with Gasteiger partial charge < -0.3 is 10.6 Å². The number of hydrogen-bond donors (Lipinski definition) is 2. The number of likely N-dealkylation sites (N-methyl/N-ethyl adjacent to an activating group) is 1. The number of para-hydroxylation sites is 1. The average molecular weight is 380 g/mol. The summed E-state index contributed by atoms with van der Waals surface area (Å²) in [6.45, 7) is 6.58. The lowest BCUT2D eigenvalue weighted by Gasteiger charge is -2.31. The van der Waals surface area contributed by atoms with Gasteiger partial charge in [0.25, 0.3) is 0 Å². The van der Waals surface area contributed by atoms with Crippen molar-refractivity contribution < 1.29 is 4.39 Å². The highest BCUT2D eigenvalue weighted by Gasteiger charge is 2.20. The molecule has 0 aliphatic rings. The van der Waals surface area contributed by atoms with Crippen LogP contribution in [-0.2, 0) is 0 Å². The second-order valence-electron chi connectivity index (χ2n) is 5.57. The molecular formula is C19H23ClFN3S. The van der Waals surface area contributed by atoms with E-state index < -0.39 is 0 Å². The lowest BCUT2D eigenvalue weighted by molar-refractivity contribution is 0.219. The first kappa shape index (κ1) is 19.6. The highest BCUT2D eigenvalue weighted by Crippen LogP contribution is 2.27. The first-order valence-corrected chi connectivity index (χ1v) is 9.13. The van der Waals surface area contributed by atoms with Gasteiger partial charge in [0.1, 0.15) is 5.82 Å². The van der Waals surface area contributed by atoms with Crippen LogP contribution in [0.3, 0.4) is 0 Å². The maximum absolute atomic E-state index is 13.7. The van der Waals surface area contributed by atoms with Crippen molar-refractivity contribution in [2.75, 3.05) is 25.0 Å². The van der Waals surface area contributed by atoms with E-state index in [1.165, 1.54) is 6.07 Å². The molecule has 25 heavy (non-hydrogen) atoms. The van der Waals surface area contributed by atoms with E-state index in [9.17, 15) is 4.39 Å². The summed E-state index contributed by atoms with van der Waals surface area (Å²) in [4.78, 5) is 2.31. The Hall–Kier alpha value is -1.69. The highest BCUT2D eigenvalue weighted by molar-refractivity contribution is 7.80. The molecule has 0 saturated carbocycles. The lowest BCUT2D eigenvalue weighted by atomic mass is 10.0. The molecule has 0 aromatic heterocycles. The third-order valence-electron chi connectivity index (χ3n) is 4.10. The minimum absolute atomic E-state index is 0.0732. The van der Waals surface area contributed by atoms with E-state index in [-0.39, 0.29) is 11.9 Å². The molecule has 0 saturated heterocycles. The third-order valence-corrected chi connectivity index (χ3v) is 4.69. The molecule has 6 heteroatoms. The Labute approximate surface area is 159 Å². The van der Waals surface area contributed by atoms with Gasteiger partial charge in [0.15, 0.2) is 5.11 Å². The van der Waals surface area contributed by atoms with Crippen LogP contribution in [0.15, 0.2) is 48.5 Å². The van der Waals surface area contributed by atoms with E-state index >= 15 is 0 Å². The molecule has 0 fully saturated rings. The number of halogens is 2. The Morgan fingerprint density at radius 2 is 1.76 bits per heavy atom. The SMILES string of the molecule is CCN(CC)[C@H](CNC(=S)Nc1ccccc1F)c1ccccc1Cl. The van der Waals surface area contributed by atoms with Gasteiger partial charge in [-0.2, -0.15) is 0 Å². The third kappa shape index (κ3) is 5.39. The average Bonchev–Trinajstić information content (AvgIpc) is 2.61. The van der Waals surface area contributed by atoms with Gasteiger partial charge in [-0.1, -0.05) is 55.8 Å². The predicted molar refractivity (Wildman–Crippen MR) is 108 cm³/mol. The minimum atomic E-state index is -0.335. The first-order valence-electron chi connectivity index (χ1n) is 8.34. The molecule has 2 aromatic carbocycles. The summed E-state index contributed by atoms with van der Waals surface area (Å²) >= 11 is 11.7. The van der Waals surface area contributed by atoms with Crippen LogP contribution in [0.25, 0.3) is 0 Å². The van der Waals surface area contributed by atoms with Crippen LogP contribution < -0.4 is 10.6 Å². The van der Waals surface area contributed by atoms with Crippen LogP contribution in [0, 0.1) is 5.82 Å². The fourth-order valence-electron chi connectivity index (χ4n) is 2.76. The van der Waals surface area contributed by atoms with Crippen molar-refractivity contribution in [1.82, 2.24) is 10.2 Å². The van der Waals surface area contributed by atoms with E-state index in [4.69, 9.17) is 23.8 Å². The normalized spacial score (nSPS) is 12.0. The maximum atomic E-state index is 13.7. The summed E-state index contributed by atoms with van der Waals surface area (Å²) in [5.74, 6) is -0.335. The van der Waals surface area contributed by atoms with Crippen LogP contribution in [0.2, 0.25) is 5.02 Å². The molecule has 2 rings (SSSR count). The summed E-state index contributed by atoms with van der Waals surface area (Å²) in [7, 11) is 0. The van der Waals surface area contributed by atoms with Crippen LogP contribution in [0.5, 0.6) is 0 Å². The minimum Gasteiger partial charge on any atom is -0.361 e.